The molecule has 0 spiro atoms. The van der Waals surface area contributed by atoms with Crippen molar-refractivity contribution < 1.29 is 4.79 Å². The second kappa shape index (κ2) is 6.18. The maximum atomic E-state index is 12.0. The Bertz CT molecular complexity index is 487. The molecule has 1 aromatic rings. The predicted octanol–water partition coefficient (Wildman–Crippen LogP) is 3.11. The van der Waals surface area contributed by atoms with E-state index >= 15 is 0 Å². The normalized spacial score (nSPS) is 20.9. The fraction of sp³-hybridized carbons (Fsp3) is 0.611. The molecule has 3 heteroatoms. The van der Waals surface area contributed by atoms with Crippen LogP contribution in [0.25, 0.3) is 0 Å². The molecule has 0 aliphatic carbocycles. The number of likely N-dealkylation sites (N-methyl/N-ethyl adjacent to an activating group) is 1. The SMILES string of the molecule is CNC(CN1CC(C)CC1=O)c1ccc(C(C)(C)C)cc1. The first-order valence-electron chi connectivity index (χ1n) is 7.86. The molecule has 1 saturated heterocycles. The van der Waals surface area contributed by atoms with Crippen LogP contribution < -0.4 is 5.32 Å². The van der Waals surface area contributed by atoms with Gasteiger partial charge in [0.25, 0.3) is 0 Å². The van der Waals surface area contributed by atoms with Crippen LogP contribution in [0, 0.1) is 5.92 Å². The molecule has 2 unspecified atom stereocenters. The van der Waals surface area contributed by atoms with E-state index in [1.165, 1.54) is 11.1 Å². The van der Waals surface area contributed by atoms with Crippen LogP contribution in [0.15, 0.2) is 24.3 Å². The number of hydrogen-bond acceptors (Lipinski definition) is 2. The maximum absolute atomic E-state index is 12.0. The average molecular weight is 288 g/mol. The third-order valence-corrected chi connectivity index (χ3v) is 4.34. The topological polar surface area (TPSA) is 32.3 Å². The number of benzene rings is 1. The van der Waals surface area contributed by atoms with Gasteiger partial charge in [-0.25, -0.2) is 0 Å². The summed E-state index contributed by atoms with van der Waals surface area (Å²) in [4.78, 5) is 13.9. The molecule has 3 nitrogen and oxygen atoms in total. The van der Waals surface area contributed by atoms with Gasteiger partial charge in [-0.2, -0.15) is 0 Å². The quantitative estimate of drug-likeness (QED) is 0.923. The van der Waals surface area contributed by atoms with E-state index in [4.69, 9.17) is 0 Å². The Kier molecular flexibility index (Phi) is 4.72. The fourth-order valence-electron chi connectivity index (χ4n) is 2.95. The zero-order valence-corrected chi connectivity index (χ0v) is 13.9. The van der Waals surface area contributed by atoms with E-state index in [-0.39, 0.29) is 17.4 Å². The number of carbonyl (C=O) groups is 1. The molecule has 2 atom stereocenters. The highest BCUT2D eigenvalue weighted by Crippen LogP contribution is 2.25. The highest BCUT2D eigenvalue weighted by atomic mass is 16.2. The number of rotatable bonds is 4. The molecule has 1 aromatic carbocycles. The van der Waals surface area contributed by atoms with Gasteiger partial charge in [-0.3, -0.25) is 4.79 Å². The number of hydrogen-bond donors (Lipinski definition) is 1. The standard InChI is InChI=1S/C18H28N2O/c1-13-10-17(21)20(11-13)12-16(19-5)14-6-8-15(9-7-14)18(2,3)4/h6-9,13,16,19H,10-12H2,1-5H3. The molecule has 21 heavy (non-hydrogen) atoms. The highest BCUT2D eigenvalue weighted by Gasteiger charge is 2.28. The van der Waals surface area contributed by atoms with Crippen LogP contribution in [0.2, 0.25) is 0 Å². The molecule has 1 heterocycles. The van der Waals surface area contributed by atoms with E-state index in [2.05, 4.69) is 57.3 Å². The van der Waals surface area contributed by atoms with Crippen LogP contribution in [-0.2, 0) is 10.2 Å². The second-order valence-corrected chi connectivity index (χ2v) is 7.32. The van der Waals surface area contributed by atoms with Crippen molar-refractivity contribution in [1.29, 1.82) is 0 Å². The van der Waals surface area contributed by atoms with Crippen LogP contribution in [-0.4, -0.2) is 30.9 Å². The summed E-state index contributed by atoms with van der Waals surface area (Å²) < 4.78 is 0. The van der Waals surface area contributed by atoms with Crippen LogP contribution in [0.4, 0.5) is 0 Å². The Morgan fingerprint density at radius 3 is 2.33 bits per heavy atom. The molecule has 2 rings (SSSR count). The van der Waals surface area contributed by atoms with Crippen LogP contribution in [0.5, 0.6) is 0 Å². The maximum Gasteiger partial charge on any atom is 0.222 e. The third-order valence-electron chi connectivity index (χ3n) is 4.34. The summed E-state index contributed by atoms with van der Waals surface area (Å²) in [6, 6.07) is 8.98. The number of likely N-dealkylation sites (tertiary alicyclic amines) is 1. The van der Waals surface area contributed by atoms with Gasteiger partial charge < -0.3 is 10.2 Å². The van der Waals surface area contributed by atoms with Gasteiger partial charge >= 0.3 is 0 Å². The van der Waals surface area contributed by atoms with Gasteiger partial charge in [0.2, 0.25) is 5.91 Å². The lowest BCUT2D eigenvalue weighted by Gasteiger charge is -2.25. The smallest absolute Gasteiger partial charge is 0.222 e. The summed E-state index contributed by atoms with van der Waals surface area (Å²) in [6.45, 7) is 10.5. The summed E-state index contributed by atoms with van der Waals surface area (Å²) >= 11 is 0. The van der Waals surface area contributed by atoms with Crippen LogP contribution >= 0.6 is 0 Å². The van der Waals surface area contributed by atoms with Gasteiger partial charge in [-0.15, -0.1) is 0 Å². The van der Waals surface area contributed by atoms with Crippen molar-refractivity contribution >= 4 is 5.91 Å². The largest absolute Gasteiger partial charge is 0.340 e. The molecule has 1 aliphatic heterocycles. The van der Waals surface area contributed by atoms with E-state index < -0.39 is 0 Å². The number of carbonyl (C=O) groups excluding carboxylic acids is 1. The molecule has 0 aromatic heterocycles. The molecule has 1 aliphatic rings. The van der Waals surface area contributed by atoms with E-state index in [0.29, 0.717) is 12.3 Å². The first-order chi connectivity index (χ1) is 9.81. The molecule has 0 saturated carbocycles. The van der Waals surface area contributed by atoms with Gasteiger partial charge in [0.15, 0.2) is 0 Å². The number of nitrogens with zero attached hydrogens (tertiary/aromatic N) is 1. The Hall–Kier alpha value is -1.35. The Morgan fingerprint density at radius 1 is 1.29 bits per heavy atom. The minimum Gasteiger partial charge on any atom is -0.340 e. The summed E-state index contributed by atoms with van der Waals surface area (Å²) in [7, 11) is 1.96. The third kappa shape index (κ3) is 3.85. The minimum atomic E-state index is 0.175. The zero-order chi connectivity index (χ0) is 15.6. The Balaban J connectivity index is 2.09. The average Bonchev–Trinajstić information content (AvgIpc) is 2.73. The van der Waals surface area contributed by atoms with Crippen molar-refractivity contribution in [2.75, 3.05) is 20.1 Å². The Labute approximate surface area is 128 Å². The lowest BCUT2D eigenvalue weighted by molar-refractivity contribution is -0.128. The van der Waals surface area contributed by atoms with Gasteiger partial charge in [-0.1, -0.05) is 52.0 Å². The van der Waals surface area contributed by atoms with Crippen molar-refractivity contribution in [3.8, 4) is 0 Å². The lowest BCUT2D eigenvalue weighted by atomic mass is 9.86. The van der Waals surface area contributed by atoms with E-state index in [9.17, 15) is 4.79 Å². The van der Waals surface area contributed by atoms with Crippen molar-refractivity contribution in [1.82, 2.24) is 10.2 Å². The molecular weight excluding hydrogens is 260 g/mol. The molecule has 1 fully saturated rings. The summed E-state index contributed by atoms with van der Waals surface area (Å²) in [5, 5.41) is 3.34. The number of nitrogens with one attached hydrogen (secondary N) is 1. The van der Waals surface area contributed by atoms with E-state index in [0.717, 1.165) is 13.1 Å². The molecular formula is C18H28N2O. The van der Waals surface area contributed by atoms with Gasteiger partial charge in [-0.05, 0) is 29.5 Å². The van der Waals surface area contributed by atoms with Crippen LogP contribution in [0.3, 0.4) is 0 Å². The summed E-state index contributed by atoms with van der Waals surface area (Å²) in [5.74, 6) is 0.771. The lowest BCUT2D eigenvalue weighted by Crippen LogP contribution is -2.34. The molecule has 0 bridgehead atoms. The van der Waals surface area contributed by atoms with Crippen molar-refractivity contribution in [3.63, 3.8) is 0 Å². The van der Waals surface area contributed by atoms with Crippen molar-refractivity contribution in [3.05, 3.63) is 35.4 Å². The molecule has 1 N–H and O–H groups in total. The van der Waals surface area contributed by atoms with Crippen LogP contribution in [0.1, 0.15) is 51.3 Å². The molecule has 0 radical (unpaired) electrons. The van der Waals surface area contributed by atoms with E-state index in [1.807, 2.05) is 11.9 Å². The Morgan fingerprint density at radius 2 is 1.90 bits per heavy atom. The van der Waals surface area contributed by atoms with Crippen molar-refractivity contribution in [2.24, 2.45) is 5.92 Å². The van der Waals surface area contributed by atoms with Gasteiger partial charge in [0, 0.05) is 25.6 Å². The van der Waals surface area contributed by atoms with Crippen molar-refractivity contribution in [2.45, 2.75) is 45.6 Å². The first-order valence-corrected chi connectivity index (χ1v) is 7.86. The molecule has 1 amide bonds. The van der Waals surface area contributed by atoms with E-state index in [1.54, 1.807) is 0 Å². The monoisotopic (exact) mass is 288 g/mol. The highest BCUT2D eigenvalue weighted by molar-refractivity contribution is 5.78. The minimum absolute atomic E-state index is 0.175. The zero-order valence-electron chi connectivity index (χ0n) is 13.9. The predicted molar refractivity (Wildman–Crippen MR) is 87.3 cm³/mol. The molecule has 116 valence electrons. The summed E-state index contributed by atoms with van der Waals surface area (Å²) in [5.41, 5.74) is 2.76. The summed E-state index contributed by atoms with van der Waals surface area (Å²) in [6.07, 6.45) is 0.694. The van der Waals surface area contributed by atoms with Gasteiger partial charge in [0.05, 0.1) is 0 Å². The second-order valence-electron chi connectivity index (χ2n) is 7.32. The van der Waals surface area contributed by atoms with Gasteiger partial charge in [0.1, 0.15) is 0 Å². The fourth-order valence-corrected chi connectivity index (χ4v) is 2.95. The first kappa shape index (κ1) is 16.0. The number of amides is 1.